The summed E-state index contributed by atoms with van der Waals surface area (Å²) in [6, 6.07) is 0.780. The van der Waals surface area contributed by atoms with Crippen LogP contribution in [0, 0.1) is 0 Å². The molecule has 3 rings (SSSR count). The highest BCUT2D eigenvalue weighted by Crippen LogP contribution is 2.24. The first-order chi connectivity index (χ1) is 17.0. The van der Waals surface area contributed by atoms with Crippen LogP contribution >= 0.6 is 11.6 Å². The molecule has 0 unspecified atom stereocenters. The number of ketones is 1. The molecule has 3 fully saturated rings. The Bertz CT molecular complexity index is 471. The number of halogens is 1. The molecule has 2 heterocycles. The molecule has 0 amide bonds. The van der Waals surface area contributed by atoms with Crippen molar-refractivity contribution in [2.45, 2.75) is 97.3 Å². The molecule has 0 aromatic carbocycles. The number of carbonyl (C=O) groups excluding carboxylic acids is 1. The van der Waals surface area contributed by atoms with Gasteiger partial charge in [-0.25, -0.2) is 0 Å². The Hall–Kier alpha value is -0.810. The fourth-order valence-electron chi connectivity index (χ4n) is 3.77. The smallest absolute Gasteiger partial charge is 0.300 e. The van der Waals surface area contributed by atoms with E-state index in [4.69, 9.17) is 31.7 Å². The molecular formula is C26H57ClN4O5. The van der Waals surface area contributed by atoms with E-state index in [-0.39, 0.29) is 0 Å². The Labute approximate surface area is 225 Å². The lowest BCUT2D eigenvalue weighted by Crippen LogP contribution is -2.40. The molecule has 0 spiro atoms. The molecule has 1 saturated carbocycles. The Kier molecular flexibility index (Phi) is 30.0. The van der Waals surface area contributed by atoms with Gasteiger partial charge in [0.2, 0.25) is 0 Å². The van der Waals surface area contributed by atoms with E-state index in [1.807, 2.05) is 6.92 Å². The van der Waals surface area contributed by atoms with E-state index in [0.717, 1.165) is 70.6 Å². The van der Waals surface area contributed by atoms with E-state index in [2.05, 4.69) is 41.7 Å². The summed E-state index contributed by atoms with van der Waals surface area (Å²) in [6.07, 6.45) is 8.40. The molecule has 0 atom stereocenters. The summed E-state index contributed by atoms with van der Waals surface area (Å²) in [5, 5.41) is 28.6. The van der Waals surface area contributed by atoms with E-state index in [0.29, 0.717) is 18.6 Å². The first kappa shape index (κ1) is 39.7. The number of aliphatic hydroxyl groups is 2. The number of Topliss-reactive ketones (excluding diaryl/α,β-unsaturated/α-hetero) is 1. The normalized spacial score (nSPS) is 19.7. The first-order valence-electron chi connectivity index (χ1n) is 13.5. The summed E-state index contributed by atoms with van der Waals surface area (Å²) in [4.78, 5) is 24.5. The van der Waals surface area contributed by atoms with Crippen molar-refractivity contribution in [3.63, 3.8) is 0 Å². The lowest BCUT2D eigenvalue weighted by molar-refractivity contribution is -0.180. The zero-order valence-corrected chi connectivity index (χ0v) is 24.7. The van der Waals surface area contributed by atoms with Gasteiger partial charge in [-0.05, 0) is 66.0 Å². The van der Waals surface area contributed by atoms with Crippen LogP contribution < -0.4 is 11.1 Å². The molecular weight excluding hydrogens is 484 g/mol. The van der Waals surface area contributed by atoms with Crippen molar-refractivity contribution in [1.82, 2.24) is 15.1 Å². The zero-order chi connectivity index (χ0) is 28.4. The van der Waals surface area contributed by atoms with Gasteiger partial charge in [0.1, 0.15) is 5.78 Å². The van der Waals surface area contributed by atoms with Gasteiger partial charge in [-0.15, -0.1) is 11.6 Å². The van der Waals surface area contributed by atoms with Crippen LogP contribution in [-0.2, 0) is 9.59 Å². The maximum absolute atomic E-state index is 10.7. The molecule has 0 bridgehead atoms. The maximum atomic E-state index is 10.7. The van der Waals surface area contributed by atoms with Crippen molar-refractivity contribution in [2.75, 3.05) is 59.2 Å². The lowest BCUT2D eigenvalue weighted by Gasteiger charge is -2.30. The van der Waals surface area contributed by atoms with Gasteiger partial charge in [0.25, 0.3) is 5.97 Å². The second-order valence-electron chi connectivity index (χ2n) is 8.80. The molecule has 9 nitrogen and oxygen atoms in total. The van der Waals surface area contributed by atoms with Crippen LogP contribution in [-0.4, -0.2) is 108 Å². The summed E-state index contributed by atoms with van der Waals surface area (Å²) < 4.78 is 0. The number of carbonyl (C=O) groups is 2. The minimum absolute atomic E-state index is 0.430. The topological polar surface area (TPSA) is 139 Å². The standard InChI is InChI=1S/C8H18N2.C7H13NO.C6H12O2.C2H5Cl.C2H4O2.CH5N/c1-3-10-6-4-8(9-2)5-7-10;1-2-8-5-3-7(9)4-6-8;7-6(8)4-2-1-3-5-6;1-2-3;1-2(3)4;1-2/h8-9H,3-7H2,1-2H3;2-6H2,1H3;7-8H,1-5H2;2H2,1H3;1H3,(H,3,4);2H2,1H3. The summed E-state index contributed by atoms with van der Waals surface area (Å²) in [7, 11) is 3.56. The second kappa shape index (κ2) is 27.2. The third-order valence-electron chi connectivity index (χ3n) is 5.96. The molecule has 1 aliphatic carbocycles. The van der Waals surface area contributed by atoms with Gasteiger partial charge in [0, 0.05) is 57.6 Å². The monoisotopic (exact) mass is 540 g/mol. The number of hydrogen-bond acceptors (Lipinski definition) is 8. The number of rotatable bonds is 3. The highest BCUT2D eigenvalue weighted by molar-refractivity contribution is 6.17. The predicted molar refractivity (Wildman–Crippen MR) is 151 cm³/mol. The third kappa shape index (κ3) is 27.8. The van der Waals surface area contributed by atoms with Gasteiger partial charge < -0.3 is 36.2 Å². The van der Waals surface area contributed by atoms with E-state index in [9.17, 15) is 4.79 Å². The van der Waals surface area contributed by atoms with Crippen LogP contribution in [0.15, 0.2) is 0 Å². The number of carboxylic acid groups (broad SMARTS) is 1. The Morgan fingerprint density at radius 2 is 1.33 bits per heavy atom. The van der Waals surface area contributed by atoms with Crippen molar-refractivity contribution in [1.29, 1.82) is 0 Å². The maximum Gasteiger partial charge on any atom is 0.300 e. The Morgan fingerprint density at radius 1 is 0.972 bits per heavy atom. The van der Waals surface area contributed by atoms with Gasteiger partial charge in [-0.3, -0.25) is 9.59 Å². The average molecular weight is 541 g/mol. The van der Waals surface area contributed by atoms with E-state index < -0.39 is 11.8 Å². The largest absolute Gasteiger partial charge is 0.481 e. The van der Waals surface area contributed by atoms with Crippen LogP contribution in [0.1, 0.15) is 85.5 Å². The SMILES string of the molecule is CC(=O)O.CCCl.CCN1CCC(=O)CC1.CCN1CCC(NC)CC1.CN.OC1(O)CCCCC1. The molecule has 0 aromatic rings. The number of carboxylic acids is 1. The first-order valence-corrected chi connectivity index (χ1v) is 14.0. The van der Waals surface area contributed by atoms with Crippen LogP contribution in [0.4, 0.5) is 0 Å². The number of piperidine rings is 2. The fraction of sp³-hybridized carbons (Fsp3) is 0.923. The molecule has 3 aliphatic rings. The van der Waals surface area contributed by atoms with E-state index >= 15 is 0 Å². The second-order valence-corrected chi connectivity index (χ2v) is 9.33. The van der Waals surface area contributed by atoms with Crippen molar-refractivity contribution in [3.05, 3.63) is 0 Å². The Balaban J connectivity index is -0.000000392. The molecule has 2 saturated heterocycles. The van der Waals surface area contributed by atoms with Gasteiger partial charge in [-0.1, -0.05) is 27.2 Å². The van der Waals surface area contributed by atoms with Gasteiger partial charge in [-0.2, -0.15) is 0 Å². The molecule has 6 N–H and O–H groups in total. The van der Waals surface area contributed by atoms with Gasteiger partial charge >= 0.3 is 0 Å². The number of nitrogens with two attached hydrogens (primary N) is 1. The highest BCUT2D eigenvalue weighted by atomic mass is 35.5. The van der Waals surface area contributed by atoms with Crippen LogP contribution in [0.2, 0.25) is 0 Å². The molecule has 0 radical (unpaired) electrons. The fourth-order valence-corrected chi connectivity index (χ4v) is 3.77. The third-order valence-corrected chi connectivity index (χ3v) is 5.96. The van der Waals surface area contributed by atoms with Crippen molar-refractivity contribution >= 4 is 23.4 Å². The highest BCUT2D eigenvalue weighted by Gasteiger charge is 2.24. The molecule has 36 heavy (non-hydrogen) atoms. The number of likely N-dealkylation sites (tertiary alicyclic amines) is 2. The number of nitrogens with zero attached hydrogens (tertiary/aromatic N) is 2. The summed E-state index contributed by atoms with van der Waals surface area (Å²) >= 11 is 5.00. The number of aliphatic carboxylic acids is 1. The van der Waals surface area contributed by atoms with Crippen LogP contribution in [0.5, 0.6) is 0 Å². The average Bonchev–Trinajstić information content (AvgIpc) is 2.86. The zero-order valence-electron chi connectivity index (χ0n) is 23.9. The minimum atomic E-state index is -1.32. The molecule has 2 aliphatic heterocycles. The number of nitrogens with one attached hydrogen (secondary N) is 1. The molecule has 0 aromatic heterocycles. The van der Waals surface area contributed by atoms with Crippen molar-refractivity contribution < 1.29 is 24.9 Å². The lowest BCUT2D eigenvalue weighted by atomic mass is 9.95. The molecule has 10 heteroatoms. The summed E-state index contributed by atoms with van der Waals surface area (Å²) in [5.41, 5.74) is 4.50. The minimum Gasteiger partial charge on any atom is -0.481 e. The van der Waals surface area contributed by atoms with E-state index in [1.165, 1.54) is 39.5 Å². The summed E-state index contributed by atoms with van der Waals surface area (Å²) in [6.45, 7) is 14.2. The van der Waals surface area contributed by atoms with Gasteiger partial charge in [0.05, 0.1) is 0 Å². The van der Waals surface area contributed by atoms with Gasteiger partial charge in [0.15, 0.2) is 5.79 Å². The predicted octanol–water partition coefficient (Wildman–Crippen LogP) is 2.90. The molecule has 218 valence electrons. The number of alkyl halides is 1. The van der Waals surface area contributed by atoms with Crippen LogP contribution in [0.3, 0.4) is 0 Å². The Morgan fingerprint density at radius 3 is 1.61 bits per heavy atom. The van der Waals surface area contributed by atoms with Crippen molar-refractivity contribution in [3.8, 4) is 0 Å². The van der Waals surface area contributed by atoms with Crippen LogP contribution in [0.25, 0.3) is 0 Å². The number of hydrogen-bond donors (Lipinski definition) is 5. The summed E-state index contributed by atoms with van der Waals surface area (Å²) in [5.74, 6) is -1.00. The van der Waals surface area contributed by atoms with E-state index in [1.54, 1.807) is 0 Å². The quantitative estimate of drug-likeness (QED) is 0.270. The van der Waals surface area contributed by atoms with Crippen molar-refractivity contribution in [2.24, 2.45) is 5.73 Å².